The van der Waals surface area contributed by atoms with Crippen LogP contribution in [0, 0.1) is 0 Å². The van der Waals surface area contributed by atoms with E-state index in [2.05, 4.69) is 15.3 Å². The minimum Gasteiger partial charge on any atom is -0.493 e. The summed E-state index contributed by atoms with van der Waals surface area (Å²) in [7, 11) is 5.06. The minimum atomic E-state index is 0.645. The Balaban J connectivity index is 2.07. The molecule has 0 unspecified atom stereocenters. The van der Waals surface area contributed by atoms with Crippen LogP contribution >= 0.6 is 0 Å². The normalized spacial score (nSPS) is 10.6. The highest BCUT2D eigenvalue weighted by atomic mass is 16.5. The third kappa shape index (κ3) is 2.35. The average molecular weight is 284 g/mol. The van der Waals surface area contributed by atoms with E-state index in [1.165, 1.54) is 0 Å². The molecule has 3 rings (SSSR count). The fourth-order valence-electron chi connectivity index (χ4n) is 2.15. The van der Waals surface area contributed by atoms with Gasteiger partial charge in [-0.05, 0) is 24.3 Å². The van der Waals surface area contributed by atoms with Crippen LogP contribution in [0.5, 0.6) is 11.5 Å². The highest BCUT2D eigenvalue weighted by Crippen LogP contribution is 2.31. The van der Waals surface area contributed by atoms with E-state index in [4.69, 9.17) is 9.47 Å². The van der Waals surface area contributed by atoms with Gasteiger partial charge in [-0.15, -0.1) is 0 Å². The Morgan fingerprint density at radius 1 is 1.05 bits per heavy atom. The summed E-state index contributed by atoms with van der Waals surface area (Å²) in [6.07, 6.45) is 3.86. The second-order valence-corrected chi connectivity index (χ2v) is 4.47. The Morgan fingerprint density at radius 2 is 1.86 bits per heavy atom. The first-order chi connectivity index (χ1) is 10.2. The zero-order valence-electron chi connectivity index (χ0n) is 12.1. The molecular formula is C15H16N4O2. The number of nitrogens with one attached hydrogen (secondary N) is 1. The molecule has 6 nitrogen and oxygen atoms in total. The standard InChI is InChI=1S/C15H16N4O2/c1-16-14-6-7-19-9-11(17-15(19)18-14)10-4-5-12(20-2)13(8-10)21-3/h4-9H,1-3H3,(H,16,17,18). The molecular weight excluding hydrogens is 268 g/mol. The van der Waals surface area contributed by atoms with Crippen LogP contribution in [0.2, 0.25) is 0 Å². The van der Waals surface area contributed by atoms with Crippen molar-refractivity contribution in [1.29, 1.82) is 0 Å². The molecule has 0 aliphatic carbocycles. The van der Waals surface area contributed by atoms with E-state index in [9.17, 15) is 0 Å². The number of imidazole rings is 1. The smallest absolute Gasteiger partial charge is 0.236 e. The number of hydrogen-bond donors (Lipinski definition) is 1. The van der Waals surface area contributed by atoms with E-state index in [1.807, 2.05) is 48.1 Å². The average Bonchev–Trinajstić information content (AvgIpc) is 2.96. The van der Waals surface area contributed by atoms with Crippen LogP contribution in [0.25, 0.3) is 17.0 Å². The van der Waals surface area contributed by atoms with E-state index >= 15 is 0 Å². The molecule has 0 atom stereocenters. The molecule has 0 amide bonds. The van der Waals surface area contributed by atoms with Crippen molar-refractivity contribution in [3.63, 3.8) is 0 Å². The number of nitrogens with zero attached hydrogens (tertiary/aromatic N) is 3. The molecule has 0 bridgehead atoms. The Bertz CT molecular complexity index is 782. The molecule has 0 radical (unpaired) electrons. The number of rotatable bonds is 4. The van der Waals surface area contributed by atoms with Crippen LogP contribution in [-0.2, 0) is 0 Å². The third-order valence-electron chi connectivity index (χ3n) is 3.26. The van der Waals surface area contributed by atoms with Gasteiger partial charge in [0.2, 0.25) is 5.78 Å². The predicted octanol–water partition coefficient (Wildman–Crippen LogP) is 2.46. The molecule has 0 aliphatic heterocycles. The maximum atomic E-state index is 5.32. The lowest BCUT2D eigenvalue weighted by molar-refractivity contribution is 0.355. The first-order valence-corrected chi connectivity index (χ1v) is 6.51. The topological polar surface area (TPSA) is 60.7 Å². The Morgan fingerprint density at radius 3 is 2.57 bits per heavy atom. The van der Waals surface area contributed by atoms with Crippen molar-refractivity contribution in [3.8, 4) is 22.8 Å². The molecule has 3 aromatic rings. The van der Waals surface area contributed by atoms with Gasteiger partial charge in [-0.25, -0.2) is 4.98 Å². The number of hydrogen-bond acceptors (Lipinski definition) is 5. The third-order valence-corrected chi connectivity index (χ3v) is 3.26. The van der Waals surface area contributed by atoms with Gasteiger partial charge in [-0.2, -0.15) is 4.98 Å². The van der Waals surface area contributed by atoms with Crippen LogP contribution in [-0.4, -0.2) is 35.6 Å². The van der Waals surface area contributed by atoms with Gasteiger partial charge in [0, 0.05) is 25.0 Å². The number of methoxy groups -OCH3 is 2. The number of ether oxygens (including phenoxy) is 2. The monoisotopic (exact) mass is 284 g/mol. The first-order valence-electron chi connectivity index (χ1n) is 6.51. The second kappa shape index (κ2) is 5.32. The van der Waals surface area contributed by atoms with Gasteiger partial charge in [0.15, 0.2) is 11.5 Å². The van der Waals surface area contributed by atoms with Gasteiger partial charge in [-0.3, -0.25) is 4.40 Å². The zero-order chi connectivity index (χ0) is 14.8. The quantitative estimate of drug-likeness (QED) is 0.797. The van der Waals surface area contributed by atoms with Crippen molar-refractivity contribution < 1.29 is 9.47 Å². The Hall–Kier alpha value is -2.76. The summed E-state index contributed by atoms with van der Waals surface area (Å²) in [5.41, 5.74) is 1.78. The number of aromatic nitrogens is 3. The molecule has 108 valence electrons. The fraction of sp³-hybridized carbons (Fsp3) is 0.200. The van der Waals surface area contributed by atoms with Crippen molar-refractivity contribution in [3.05, 3.63) is 36.7 Å². The molecule has 1 N–H and O–H groups in total. The van der Waals surface area contributed by atoms with Crippen molar-refractivity contribution in [2.24, 2.45) is 0 Å². The first kappa shape index (κ1) is 13.2. The SMILES string of the molecule is CNc1ccn2cc(-c3ccc(OC)c(OC)c3)nc2n1. The lowest BCUT2D eigenvalue weighted by atomic mass is 10.1. The molecule has 21 heavy (non-hydrogen) atoms. The molecule has 0 spiro atoms. The molecule has 2 heterocycles. The van der Waals surface area contributed by atoms with Gasteiger partial charge in [0.1, 0.15) is 5.82 Å². The van der Waals surface area contributed by atoms with Crippen LogP contribution < -0.4 is 14.8 Å². The van der Waals surface area contributed by atoms with Gasteiger partial charge in [0.25, 0.3) is 0 Å². The summed E-state index contributed by atoms with van der Waals surface area (Å²) in [6, 6.07) is 7.61. The fourth-order valence-corrected chi connectivity index (χ4v) is 2.15. The number of fused-ring (bicyclic) bond motifs is 1. The summed E-state index contributed by atoms with van der Waals surface area (Å²) in [6.45, 7) is 0. The van der Waals surface area contributed by atoms with Crippen LogP contribution in [0.1, 0.15) is 0 Å². The molecule has 0 fully saturated rings. The minimum absolute atomic E-state index is 0.645. The number of benzene rings is 1. The van der Waals surface area contributed by atoms with Gasteiger partial charge in [0.05, 0.1) is 19.9 Å². The maximum absolute atomic E-state index is 5.32. The molecule has 1 aromatic carbocycles. The summed E-state index contributed by atoms with van der Waals surface area (Å²) < 4.78 is 12.5. The van der Waals surface area contributed by atoms with Crippen molar-refractivity contribution in [2.45, 2.75) is 0 Å². The van der Waals surface area contributed by atoms with E-state index in [0.717, 1.165) is 17.1 Å². The lowest BCUT2D eigenvalue weighted by Crippen LogP contribution is -1.94. The van der Waals surface area contributed by atoms with Gasteiger partial charge >= 0.3 is 0 Å². The highest BCUT2D eigenvalue weighted by Gasteiger charge is 2.10. The lowest BCUT2D eigenvalue weighted by Gasteiger charge is -2.08. The van der Waals surface area contributed by atoms with Crippen molar-refractivity contribution >= 4 is 11.6 Å². The van der Waals surface area contributed by atoms with Gasteiger partial charge in [-0.1, -0.05) is 0 Å². The van der Waals surface area contributed by atoms with Crippen LogP contribution in [0.4, 0.5) is 5.82 Å². The summed E-state index contributed by atoms with van der Waals surface area (Å²) >= 11 is 0. The summed E-state index contributed by atoms with van der Waals surface area (Å²) in [5.74, 6) is 2.80. The van der Waals surface area contributed by atoms with Crippen LogP contribution in [0.3, 0.4) is 0 Å². The highest BCUT2D eigenvalue weighted by molar-refractivity contribution is 5.65. The second-order valence-electron chi connectivity index (χ2n) is 4.47. The van der Waals surface area contributed by atoms with E-state index in [1.54, 1.807) is 14.2 Å². The van der Waals surface area contributed by atoms with E-state index in [-0.39, 0.29) is 0 Å². The zero-order valence-corrected chi connectivity index (χ0v) is 12.1. The summed E-state index contributed by atoms with van der Waals surface area (Å²) in [5, 5.41) is 3.00. The van der Waals surface area contributed by atoms with Crippen molar-refractivity contribution in [2.75, 3.05) is 26.6 Å². The van der Waals surface area contributed by atoms with Gasteiger partial charge < -0.3 is 14.8 Å². The molecule has 2 aromatic heterocycles. The number of anilines is 1. The van der Waals surface area contributed by atoms with E-state index in [0.29, 0.717) is 17.3 Å². The molecule has 0 aliphatic rings. The Labute approximate surface area is 122 Å². The Kier molecular flexibility index (Phi) is 3.35. The van der Waals surface area contributed by atoms with Crippen LogP contribution in [0.15, 0.2) is 36.7 Å². The summed E-state index contributed by atoms with van der Waals surface area (Å²) in [4.78, 5) is 8.94. The predicted molar refractivity (Wildman–Crippen MR) is 81.1 cm³/mol. The largest absolute Gasteiger partial charge is 0.493 e. The molecule has 6 heteroatoms. The maximum Gasteiger partial charge on any atom is 0.236 e. The molecule has 0 saturated carbocycles. The van der Waals surface area contributed by atoms with Crippen molar-refractivity contribution in [1.82, 2.24) is 14.4 Å². The molecule has 0 saturated heterocycles. The van der Waals surface area contributed by atoms with E-state index < -0.39 is 0 Å².